The fourth-order valence-corrected chi connectivity index (χ4v) is 4.54. The lowest BCUT2D eigenvalue weighted by molar-refractivity contribution is -0.135. The van der Waals surface area contributed by atoms with Crippen LogP contribution in [0.4, 0.5) is 0 Å². The molecular weight excluding hydrogens is 477 g/mol. The molecule has 0 aromatic heterocycles. The minimum absolute atomic E-state index is 0. The van der Waals surface area contributed by atoms with E-state index in [-0.39, 0.29) is 30.0 Å². The summed E-state index contributed by atoms with van der Waals surface area (Å²) in [5.41, 5.74) is 1.59. The van der Waals surface area contributed by atoms with Crippen molar-refractivity contribution in [1.82, 2.24) is 20.0 Å². The Kier molecular flexibility index (Phi) is 10.8. The third-order valence-electron chi connectivity index (χ3n) is 6.35. The van der Waals surface area contributed by atoms with Gasteiger partial charge in [-0.05, 0) is 58.8 Å². The summed E-state index contributed by atoms with van der Waals surface area (Å²) in [7, 11) is 0. The van der Waals surface area contributed by atoms with Gasteiger partial charge in [-0.25, -0.2) is 0 Å². The van der Waals surface area contributed by atoms with Gasteiger partial charge < -0.3 is 15.1 Å². The Labute approximate surface area is 194 Å². The summed E-state index contributed by atoms with van der Waals surface area (Å²) in [5.74, 6) is 1.35. The van der Waals surface area contributed by atoms with Crippen molar-refractivity contribution in [2.75, 3.05) is 52.4 Å². The summed E-state index contributed by atoms with van der Waals surface area (Å²) in [5, 5.41) is 3.46. The Morgan fingerprint density at radius 2 is 1.79 bits per heavy atom. The lowest BCUT2D eigenvalue weighted by atomic mass is 9.97. The molecule has 1 unspecified atom stereocenters. The molecule has 0 spiro atoms. The highest BCUT2D eigenvalue weighted by Crippen LogP contribution is 2.20. The summed E-state index contributed by atoms with van der Waals surface area (Å²) in [6.45, 7) is 11.6. The van der Waals surface area contributed by atoms with Gasteiger partial charge in [-0.1, -0.05) is 11.6 Å². The van der Waals surface area contributed by atoms with Crippen molar-refractivity contribution < 1.29 is 4.79 Å². The van der Waals surface area contributed by atoms with Crippen LogP contribution >= 0.6 is 24.0 Å². The number of hydrogen-bond donors (Lipinski definition) is 1. The molecule has 3 aliphatic rings. The highest BCUT2D eigenvalue weighted by atomic mass is 127. The molecule has 3 rings (SSSR count). The lowest BCUT2D eigenvalue weighted by Gasteiger charge is -2.39. The first kappa shape index (κ1) is 24.4. The number of halogens is 1. The standard InChI is InChI=1S/C22H39N5O.HI/c1-3-23-22(24-12-11-20-9-5-4-6-10-20)27-17-15-25(16-18-27)19(2)21(28)26-13-7-8-14-26;/h9,19H,3-8,10-18H2,1-2H3,(H,23,24);1H. The summed E-state index contributed by atoms with van der Waals surface area (Å²) in [6, 6.07) is -0.00184. The Morgan fingerprint density at radius 1 is 1.07 bits per heavy atom. The number of carbonyl (C=O) groups is 1. The van der Waals surface area contributed by atoms with Crippen molar-refractivity contribution in [2.45, 2.75) is 64.8 Å². The number of piperazine rings is 1. The number of aliphatic imine (C=N–C) groups is 1. The zero-order chi connectivity index (χ0) is 19.8. The summed E-state index contributed by atoms with van der Waals surface area (Å²) < 4.78 is 0. The fourth-order valence-electron chi connectivity index (χ4n) is 4.54. The molecule has 1 amide bonds. The van der Waals surface area contributed by atoms with Gasteiger partial charge in [-0.3, -0.25) is 14.7 Å². The number of carbonyl (C=O) groups excluding carboxylic acids is 1. The number of guanidine groups is 1. The molecule has 166 valence electrons. The van der Waals surface area contributed by atoms with Gasteiger partial charge in [-0.15, -0.1) is 24.0 Å². The van der Waals surface area contributed by atoms with Gasteiger partial charge in [0.1, 0.15) is 0 Å². The van der Waals surface area contributed by atoms with Crippen molar-refractivity contribution in [3.8, 4) is 0 Å². The smallest absolute Gasteiger partial charge is 0.239 e. The number of hydrogen-bond acceptors (Lipinski definition) is 3. The predicted molar refractivity (Wildman–Crippen MR) is 131 cm³/mol. The molecule has 2 heterocycles. The molecule has 1 atom stereocenters. The molecule has 7 heteroatoms. The normalized spacial score (nSPS) is 22.1. The van der Waals surface area contributed by atoms with Gasteiger partial charge in [0.15, 0.2) is 5.96 Å². The van der Waals surface area contributed by atoms with Crippen LogP contribution in [0.3, 0.4) is 0 Å². The highest BCUT2D eigenvalue weighted by Gasteiger charge is 2.30. The van der Waals surface area contributed by atoms with Gasteiger partial charge in [-0.2, -0.15) is 0 Å². The monoisotopic (exact) mass is 517 g/mol. The van der Waals surface area contributed by atoms with Crippen LogP contribution in [0.15, 0.2) is 16.6 Å². The minimum Gasteiger partial charge on any atom is -0.357 e. The van der Waals surface area contributed by atoms with Crippen molar-refractivity contribution >= 4 is 35.8 Å². The topological polar surface area (TPSA) is 51.2 Å². The molecule has 0 bridgehead atoms. The van der Waals surface area contributed by atoms with E-state index in [1.165, 1.54) is 25.7 Å². The quantitative estimate of drug-likeness (QED) is 0.255. The number of amides is 1. The second kappa shape index (κ2) is 12.8. The molecule has 0 aromatic rings. The molecule has 6 nitrogen and oxygen atoms in total. The zero-order valence-electron chi connectivity index (χ0n) is 18.4. The van der Waals surface area contributed by atoms with Crippen molar-refractivity contribution in [3.05, 3.63) is 11.6 Å². The molecule has 1 N–H and O–H groups in total. The van der Waals surface area contributed by atoms with E-state index in [2.05, 4.69) is 35.0 Å². The number of likely N-dealkylation sites (tertiary alicyclic amines) is 1. The maximum atomic E-state index is 12.7. The van der Waals surface area contributed by atoms with Gasteiger partial charge >= 0.3 is 0 Å². The molecule has 0 radical (unpaired) electrons. The van der Waals surface area contributed by atoms with E-state index in [0.29, 0.717) is 5.91 Å². The maximum absolute atomic E-state index is 12.7. The van der Waals surface area contributed by atoms with Gasteiger partial charge in [0, 0.05) is 52.4 Å². The van der Waals surface area contributed by atoms with Gasteiger partial charge in [0.2, 0.25) is 5.91 Å². The SMILES string of the molecule is CCNC(=NCCC1=CCCCC1)N1CCN(C(C)C(=O)N2CCCC2)CC1.I. The minimum atomic E-state index is -0.00184. The van der Waals surface area contributed by atoms with Gasteiger partial charge in [0.25, 0.3) is 0 Å². The average molecular weight is 518 g/mol. The van der Waals surface area contributed by atoms with E-state index >= 15 is 0 Å². The van der Waals surface area contributed by atoms with E-state index in [9.17, 15) is 4.79 Å². The van der Waals surface area contributed by atoms with Crippen LogP contribution in [0.1, 0.15) is 58.8 Å². The Morgan fingerprint density at radius 3 is 2.41 bits per heavy atom. The van der Waals surface area contributed by atoms with E-state index < -0.39 is 0 Å². The molecule has 2 aliphatic heterocycles. The molecular formula is C22H40IN5O. The number of allylic oxidation sites excluding steroid dienone is 1. The Bertz CT molecular complexity index is 566. The van der Waals surface area contributed by atoms with E-state index in [1.807, 2.05) is 4.90 Å². The van der Waals surface area contributed by atoms with Crippen LogP contribution in [0, 0.1) is 0 Å². The van der Waals surface area contributed by atoms with Crippen molar-refractivity contribution in [2.24, 2.45) is 4.99 Å². The predicted octanol–water partition coefficient (Wildman–Crippen LogP) is 3.09. The second-order valence-corrected chi connectivity index (χ2v) is 8.33. The van der Waals surface area contributed by atoms with Gasteiger partial charge in [0.05, 0.1) is 6.04 Å². The Balaban J connectivity index is 0.00000300. The van der Waals surface area contributed by atoms with Crippen LogP contribution in [-0.2, 0) is 4.79 Å². The first-order chi connectivity index (χ1) is 13.7. The molecule has 2 saturated heterocycles. The fraction of sp³-hybridized carbons (Fsp3) is 0.818. The summed E-state index contributed by atoms with van der Waals surface area (Å²) in [6.07, 6.45) is 11.0. The maximum Gasteiger partial charge on any atom is 0.239 e. The first-order valence-corrected chi connectivity index (χ1v) is 11.4. The van der Waals surface area contributed by atoms with Crippen LogP contribution < -0.4 is 5.32 Å². The zero-order valence-corrected chi connectivity index (χ0v) is 20.7. The average Bonchev–Trinajstić information content (AvgIpc) is 3.28. The molecule has 2 fully saturated rings. The molecule has 0 saturated carbocycles. The van der Waals surface area contributed by atoms with E-state index in [1.54, 1.807) is 5.57 Å². The number of nitrogens with one attached hydrogen (secondary N) is 1. The van der Waals surface area contributed by atoms with Crippen LogP contribution in [0.5, 0.6) is 0 Å². The van der Waals surface area contributed by atoms with Crippen LogP contribution in [-0.4, -0.2) is 85.0 Å². The van der Waals surface area contributed by atoms with Crippen LogP contribution in [0.25, 0.3) is 0 Å². The highest BCUT2D eigenvalue weighted by molar-refractivity contribution is 14.0. The third kappa shape index (κ3) is 7.12. The molecule has 1 aliphatic carbocycles. The van der Waals surface area contributed by atoms with Crippen molar-refractivity contribution in [3.63, 3.8) is 0 Å². The first-order valence-electron chi connectivity index (χ1n) is 11.4. The number of rotatable bonds is 6. The Hall–Kier alpha value is -0.830. The summed E-state index contributed by atoms with van der Waals surface area (Å²) >= 11 is 0. The number of nitrogens with zero attached hydrogens (tertiary/aromatic N) is 4. The second-order valence-electron chi connectivity index (χ2n) is 8.33. The van der Waals surface area contributed by atoms with Crippen molar-refractivity contribution in [1.29, 1.82) is 0 Å². The molecule has 29 heavy (non-hydrogen) atoms. The summed E-state index contributed by atoms with van der Waals surface area (Å²) in [4.78, 5) is 24.3. The van der Waals surface area contributed by atoms with Crippen LogP contribution in [0.2, 0.25) is 0 Å². The largest absolute Gasteiger partial charge is 0.357 e. The molecule has 0 aromatic carbocycles. The van der Waals surface area contributed by atoms with E-state index in [0.717, 1.165) is 77.6 Å². The van der Waals surface area contributed by atoms with E-state index in [4.69, 9.17) is 4.99 Å². The lowest BCUT2D eigenvalue weighted by Crippen LogP contribution is -2.57. The third-order valence-corrected chi connectivity index (χ3v) is 6.35.